The summed E-state index contributed by atoms with van der Waals surface area (Å²) in [6, 6.07) is 6.08. The molecule has 1 aliphatic rings. The first-order valence-electron chi connectivity index (χ1n) is 5.79. The molecule has 1 aromatic heterocycles. The van der Waals surface area contributed by atoms with Crippen LogP contribution in [-0.2, 0) is 11.2 Å². The quantitative estimate of drug-likeness (QED) is 0.585. The molecule has 4 nitrogen and oxygen atoms in total. The molecule has 3 atom stereocenters. The summed E-state index contributed by atoms with van der Waals surface area (Å²) in [5.41, 5.74) is 3.91. The summed E-state index contributed by atoms with van der Waals surface area (Å²) in [6.07, 6.45) is 3.94. The molecule has 3 N–H and O–H groups in total. The van der Waals surface area contributed by atoms with E-state index in [1.807, 2.05) is 24.4 Å². The zero-order valence-electron chi connectivity index (χ0n) is 9.60. The number of hydrogen-bond acceptors (Lipinski definition) is 4. The highest BCUT2D eigenvalue weighted by Crippen LogP contribution is 2.24. The van der Waals surface area contributed by atoms with Crippen LogP contribution >= 0.6 is 0 Å². The second-order valence-corrected chi connectivity index (χ2v) is 4.40. The number of pyridine rings is 1. The van der Waals surface area contributed by atoms with E-state index in [-0.39, 0.29) is 12.1 Å². The molecule has 0 spiro atoms. The van der Waals surface area contributed by atoms with Crippen molar-refractivity contribution in [3.8, 4) is 0 Å². The average molecular weight is 221 g/mol. The molecule has 3 unspecified atom stereocenters. The number of nitrogens with one attached hydrogen (secondary N) is 1. The van der Waals surface area contributed by atoms with Crippen molar-refractivity contribution in [3.63, 3.8) is 0 Å². The van der Waals surface area contributed by atoms with Gasteiger partial charge in [0.05, 0.1) is 12.1 Å². The van der Waals surface area contributed by atoms with Crippen LogP contribution in [0.5, 0.6) is 0 Å². The normalized spacial score (nSPS) is 26.9. The topological polar surface area (TPSA) is 60.2 Å². The molecule has 1 aromatic rings. The summed E-state index contributed by atoms with van der Waals surface area (Å²) in [4.78, 5) is 4.31. The third-order valence-corrected chi connectivity index (χ3v) is 3.21. The Kier molecular flexibility index (Phi) is 3.88. The zero-order chi connectivity index (χ0) is 11.4. The smallest absolute Gasteiger partial charge is 0.0771 e. The first-order chi connectivity index (χ1) is 7.81. The van der Waals surface area contributed by atoms with Crippen molar-refractivity contribution in [3.05, 3.63) is 30.1 Å². The average Bonchev–Trinajstić information content (AvgIpc) is 2.74. The molecule has 0 saturated carbocycles. The fourth-order valence-electron chi connectivity index (χ4n) is 2.25. The zero-order valence-corrected chi connectivity index (χ0v) is 9.60. The van der Waals surface area contributed by atoms with E-state index in [1.54, 1.807) is 0 Å². The summed E-state index contributed by atoms with van der Waals surface area (Å²) in [7, 11) is 0. The van der Waals surface area contributed by atoms with Crippen molar-refractivity contribution in [1.29, 1.82) is 0 Å². The van der Waals surface area contributed by atoms with Crippen molar-refractivity contribution in [1.82, 2.24) is 10.4 Å². The lowest BCUT2D eigenvalue weighted by Gasteiger charge is -2.25. The maximum Gasteiger partial charge on any atom is 0.0771 e. The van der Waals surface area contributed by atoms with Crippen molar-refractivity contribution in [2.75, 3.05) is 6.61 Å². The van der Waals surface area contributed by atoms with Crippen LogP contribution in [0.15, 0.2) is 24.4 Å². The number of hydrazine groups is 1. The minimum absolute atomic E-state index is 0.146. The highest BCUT2D eigenvalue weighted by atomic mass is 16.5. The Bertz CT molecular complexity index is 317. The van der Waals surface area contributed by atoms with Crippen LogP contribution in [0.25, 0.3) is 0 Å². The second-order valence-electron chi connectivity index (χ2n) is 4.40. The van der Waals surface area contributed by atoms with Gasteiger partial charge in [-0.3, -0.25) is 16.3 Å². The monoisotopic (exact) mass is 221 g/mol. The van der Waals surface area contributed by atoms with Crippen LogP contribution < -0.4 is 11.3 Å². The largest absolute Gasteiger partial charge is 0.376 e. The van der Waals surface area contributed by atoms with Gasteiger partial charge in [0, 0.05) is 24.9 Å². The third kappa shape index (κ3) is 2.58. The highest BCUT2D eigenvalue weighted by Gasteiger charge is 2.31. The van der Waals surface area contributed by atoms with Crippen LogP contribution in [0.2, 0.25) is 0 Å². The van der Waals surface area contributed by atoms with Gasteiger partial charge in [-0.25, -0.2) is 0 Å². The van der Waals surface area contributed by atoms with Crippen molar-refractivity contribution in [2.45, 2.75) is 31.9 Å². The molecular weight excluding hydrogens is 202 g/mol. The number of hydrogen-bond donors (Lipinski definition) is 2. The minimum atomic E-state index is 0.146. The van der Waals surface area contributed by atoms with E-state index in [0.717, 1.165) is 25.1 Å². The molecule has 4 heteroatoms. The molecule has 0 radical (unpaired) electrons. The van der Waals surface area contributed by atoms with E-state index in [9.17, 15) is 0 Å². The first kappa shape index (κ1) is 11.5. The maximum absolute atomic E-state index is 5.72. The van der Waals surface area contributed by atoms with Gasteiger partial charge in [-0.1, -0.05) is 13.0 Å². The van der Waals surface area contributed by atoms with Gasteiger partial charge in [-0.15, -0.1) is 0 Å². The van der Waals surface area contributed by atoms with Gasteiger partial charge >= 0.3 is 0 Å². The highest BCUT2D eigenvalue weighted by molar-refractivity contribution is 5.06. The Labute approximate surface area is 96.2 Å². The lowest BCUT2D eigenvalue weighted by atomic mass is 9.95. The fourth-order valence-corrected chi connectivity index (χ4v) is 2.25. The lowest BCUT2D eigenvalue weighted by Crippen LogP contribution is -2.47. The van der Waals surface area contributed by atoms with Gasteiger partial charge in [0.1, 0.15) is 0 Å². The molecule has 1 fully saturated rings. The number of aromatic nitrogens is 1. The van der Waals surface area contributed by atoms with E-state index in [0.29, 0.717) is 5.92 Å². The van der Waals surface area contributed by atoms with Crippen LogP contribution in [0.4, 0.5) is 0 Å². The molecule has 2 heterocycles. The van der Waals surface area contributed by atoms with E-state index in [4.69, 9.17) is 10.6 Å². The van der Waals surface area contributed by atoms with Gasteiger partial charge in [-0.05, 0) is 24.5 Å². The molecule has 88 valence electrons. The minimum Gasteiger partial charge on any atom is -0.376 e. The Morgan fingerprint density at radius 3 is 3.06 bits per heavy atom. The number of nitrogens with zero attached hydrogens (tertiary/aromatic N) is 1. The van der Waals surface area contributed by atoms with Gasteiger partial charge in [-0.2, -0.15) is 0 Å². The fraction of sp³-hybridized carbons (Fsp3) is 0.583. The van der Waals surface area contributed by atoms with Crippen molar-refractivity contribution >= 4 is 0 Å². The predicted octanol–water partition coefficient (Wildman–Crippen LogP) is 0.881. The Morgan fingerprint density at radius 2 is 2.50 bits per heavy atom. The predicted molar refractivity (Wildman–Crippen MR) is 62.6 cm³/mol. The number of rotatable bonds is 4. The van der Waals surface area contributed by atoms with E-state index < -0.39 is 0 Å². The van der Waals surface area contributed by atoms with Gasteiger partial charge in [0.15, 0.2) is 0 Å². The summed E-state index contributed by atoms with van der Waals surface area (Å²) in [5, 5.41) is 0. The van der Waals surface area contributed by atoms with E-state index in [2.05, 4.69) is 17.3 Å². The Morgan fingerprint density at radius 1 is 1.62 bits per heavy atom. The molecule has 1 aliphatic heterocycles. The first-order valence-corrected chi connectivity index (χ1v) is 5.79. The standard InChI is InChI=1S/C12H19N3O/c1-9-5-7-16-12(9)11(15-13)8-10-4-2-3-6-14-10/h2-4,6,9,11-12,15H,5,7-8,13H2,1H3. The molecule has 16 heavy (non-hydrogen) atoms. The van der Waals surface area contributed by atoms with Crippen LogP contribution in [0.1, 0.15) is 19.0 Å². The molecule has 0 aromatic carbocycles. The number of ether oxygens (including phenoxy) is 1. The van der Waals surface area contributed by atoms with E-state index in [1.165, 1.54) is 0 Å². The summed E-state index contributed by atoms with van der Waals surface area (Å²) >= 11 is 0. The molecule has 2 rings (SSSR count). The third-order valence-electron chi connectivity index (χ3n) is 3.21. The Balaban J connectivity index is 2.00. The van der Waals surface area contributed by atoms with E-state index >= 15 is 0 Å². The SMILES string of the molecule is CC1CCOC1C(Cc1ccccn1)NN. The lowest BCUT2D eigenvalue weighted by molar-refractivity contribution is 0.0607. The van der Waals surface area contributed by atoms with Crippen LogP contribution in [0, 0.1) is 5.92 Å². The van der Waals surface area contributed by atoms with Gasteiger partial charge in [0.25, 0.3) is 0 Å². The molecule has 0 amide bonds. The van der Waals surface area contributed by atoms with Crippen molar-refractivity contribution in [2.24, 2.45) is 11.8 Å². The summed E-state index contributed by atoms with van der Waals surface area (Å²) in [5.74, 6) is 6.16. The van der Waals surface area contributed by atoms with Gasteiger partial charge in [0.2, 0.25) is 0 Å². The maximum atomic E-state index is 5.72. The second kappa shape index (κ2) is 5.39. The number of nitrogens with two attached hydrogens (primary N) is 1. The van der Waals surface area contributed by atoms with Gasteiger partial charge < -0.3 is 4.74 Å². The molecule has 0 bridgehead atoms. The molecule has 0 aliphatic carbocycles. The summed E-state index contributed by atoms with van der Waals surface area (Å²) < 4.78 is 5.72. The van der Waals surface area contributed by atoms with Crippen molar-refractivity contribution < 1.29 is 4.74 Å². The molecular formula is C12H19N3O. The molecule has 1 saturated heterocycles. The van der Waals surface area contributed by atoms with Crippen LogP contribution in [0.3, 0.4) is 0 Å². The Hall–Kier alpha value is -0.970. The van der Waals surface area contributed by atoms with Crippen LogP contribution in [-0.4, -0.2) is 23.7 Å². The summed E-state index contributed by atoms with van der Waals surface area (Å²) in [6.45, 7) is 3.05.